The number of ether oxygens (including phenoxy) is 1. The Bertz CT molecular complexity index is 606. The molecule has 6 nitrogen and oxygen atoms in total. The Morgan fingerprint density at radius 1 is 1.32 bits per heavy atom. The van der Waals surface area contributed by atoms with E-state index in [-0.39, 0.29) is 12.1 Å². The summed E-state index contributed by atoms with van der Waals surface area (Å²) in [5.74, 6) is 0. The molecule has 2 aromatic rings. The molecular formula is C16H20N4O2. The molecule has 1 atom stereocenters. The molecule has 2 amide bonds. The van der Waals surface area contributed by atoms with E-state index in [0.717, 1.165) is 31.6 Å². The molecule has 0 saturated carbocycles. The second kappa shape index (κ2) is 7.09. The van der Waals surface area contributed by atoms with Gasteiger partial charge in [0.2, 0.25) is 0 Å². The molecule has 3 rings (SSSR count). The number of hydrogen-bond donors (Lipinski definition) is 2. The number of benzene rings is 1. The number of anilines is 1. The normalized spacial score (nSPS) is 17.9. The number of para-hydroxylation sites is 1. The largest absolute Gasteiger partial charge is 0.376 e. The van der Waals surface area contributed by atoms with E-state index in [9.17, 15) is 4.79 Å². The van der Waals surface area contributed by atoms with Crippen LogP contribution in [0.2, 0.25) is 0 Å². The first-order valence-corrected chi connectivity index (χ1v) is 7.58. The third-order valence-corrected chi connectivity index (χ3v) is 3.63. The van der Waals surface area contributed by atoms with Gasteiger partial charge in [0.15, 0.2) is 0 Å². The van der Waals surface area contributed by atoms with Crippen molar-refractivity contribution < 1.29 is 9.53 Å². The Balaban J connectivity index is 1.50. The minimum Gasteiger partial charge on any atom is -0.376 e. The van der Waals surface area contributed by atoms with Gasteiger partial charge in [0.1, 0.15) is 0 Å². The molecule has 6 heteroatoms. The lowest BCUT2D eigenvalue weighted by atomic mass is 10.1. The summed E-state index contributed by atoms with van der Waals surface area (Å²) < 4.78 is 7.30. The Morgan fingerprint density at radius 3 is 2.95 bits per heavy atom. The maximum atomic E-state index is 11.9. The number of carbonyl (C=O) groups is 1. The molecule has 0 aliphatic carbocycles. The van der Waals surface area contributed by atoms with Crippen molar-refractivity contribution in [3.05, 3.63) is 42.7 Å². The summed E-state index contributed by atoms with van der Waals surface area (Å²) in [6.07, 6.45) is 6.83. The molecule has 2 N–H and O–H groups in total. The molecule has 0 radical (unpaired) electrons. The van der Waals surface area contributed by atoms with Crippen LogP contribution in [0.1, 0.15) is 19.3 Å². The fourth-order valence-corrected chi connectivity index (χ4v) is 2.46. The number of nitrogens with zero attached hydrogens (tertiary/aromatic N) is 2. The molecule has 1 aliphatic heterocycles. The zero-order chi connectivity index (χ0) is 15.2. The smallest absolute Gasteiger partial charge is 0.319 e. The van der Waals surface area contributed by atoms with E-state index < -0.39 is 0 Å². The van der Waals surface area contributed by atoms with Crippen molar-refractivity contribution in [2.24, 2.45) is 0 Å². The van der Waals surface area contributed by atoms with Gasteiger partial charge in [0, 0.05) is 13.2 Å². The summed E-state index contributed by atoms with van der Waals surface area (Å²) >= 11 is 0. The van der Waals surface area contributed by atoms with Crippen molar-refractivity contribution >= 4 is 11.7 Å². The van der Waals surface area contributed by atoms with E-state index in [2.05, 4.69) is 15.7 Å². The van der Waals surface area contributed by atoms with Gasteiger partial charge in [-0.15, -0.1) is 0 Å². The Hall–Kier alpha value is -2.34. The third-order valence-electron chi connectivity index (χ3n) is 3.63. The third kappa shape index (κ3) is 3.85. The molecule has 2 heterocycles. The Kier molecular flexibility index (Phi) is 4.70. The Labute approximate surface area is 129 Å². The zero-order valence-corrected chi connectivity index (χ0v) is 12.4. The monoisotopic (exact) mass is 300 g/mol. The van der Waals surface area contributed by atoms with Crippen LogP contribution in [-0.2, 0) is 4.74 Å². The quantitative estimate of drug-likeness (QED) is 0.912. The molecule has 1 aliphatic rings. The lowest BCUT2D eigenvalue weighted by molar-refractivity contribution is 0.0187. The van der Waals surface area contributed by atoms with Gasteiger partial charge in [-0.3, -0.25) is 0 Å². The molecule has 22 heavy (non-hydrogen) atoms. The topological polar surface area (TPSA) is 68.2 Å². The van der Waals surface area contributed by atoms with Crippen LogP contribution in [0.25, 0.3) is 5.69 Å². The summed E-state index contributed by atoms with van der Waals surface area (Å²) in [7, 11) is 0. The van der Waals surface area contributed by atoms with Crippen molar-refractivity contribution in [3.8, 4) is 5.69 Å². The van der Waals surface area contributed by atoms with Gasteiger partial charge in [0.05, 0.1) is 29.9 Å². The second-order valence-electron chi connectivity index (χ2n) is 5.33. The fraction of sp³-hybridized carbons (Fsp3) is 0.375. The molecule has 0 bridgehead atoms. The Morgan fingerprint density at radius 2 is 2.18 bits per heavy atom. The van der Waals surface area contributed by atoms with Crippen molar-refractivity contribution in [2.45, 2.75) is 25.4 Å². The van der Waals surface area contributed by atoms with E-state index in [0.29, 0.717) is 12.2 Å². The first-order chi connectivity index (χ1) is 10.8. The van der Waals surface area contributed by atoms with Crippen molar-refractivity contribution in [2.75, 3.05) is 18.5 Å². The molecule has 1 aromatic heterocycles. The molecular weight excluding hydrogens is 280 g/mol. The molecule has 116 valence electrons. The highest BCUT2D eigenvalue weighted by Gasteiger charge is 2.14. The first-order valence-electron chi connectivity index (χ1n) is 7.58. The average Bonchev–Trinajstić information content (AvgIpc) is 3.03. The van der Waals surface area contributed by atoms with Gasteiger partial charge in [-0.1, -0.05) is 18.2 Å². The van der Waals surface area contributed by atoms with Gasteiger partial charge < -0.3 is 15.4 Å². The number of amides is 2. The van der Waals surface area contributed by atoms with Gasteiger partial charge >= 0.3 is 6.03 Å². The van der Waals surface area contributed by atoms with E-state index in [1.165, 1.54) is 0 Å². The van der Waals surface area contributed by atoms with E-state index >= 15 is 0 Å². The van der Waals surface area contributed by atoms with Crippen LogP contribution >= 0.6 is 0 Å². The molecule has 1 fully saturated rings. The predicted molar refractivity (Wildman–Crippen MR) is 84.2 cm³/mol. The SMILES string of the molecule is O=C(NC[C@@H]1CCCCO1)Nc1cnn(-c2ccccc2)c1. The van der Waals surface area contributed by atoms with Crippen LogP contribution in [0.15, 0.2) is 42.7 Å². The summed E-state index contributed by atoms with van der Waals surface area (Å²) in [5, 5.41) is 9.86. The highest BCUT2D eigenvalue weighted by Crippen LogP contribution is 2.12. The standard InChI is InChI=1S/C16H20N4O2/c21-16(17-11-15-8-4-5-9-22-15)19-13-10-18-20(12-13)14-6-2-1-3-7-14/h1-3,6-7,10,12,15H,4-5,8-9,11H2,(H2,17,19,21)/t15-/m0/s1. The van der Waals surface area contributed by atoms with Crippen molar-refractivity contribution in [1.82, 2.24) is 15.1 Å². The number of carbonyl (C=O) groups excluding carboxylic acids is 1. The van der Waals surface area contributed by atoms with Crippen LogP contribution in [0.3, 0.4) is 0 Å². The highest BCUT2D eigenvalue weighted by atomic mass is 16.5. The summed E-state index contributed by atoms with van der Waals surface area (Å²) in [4.78, 5) is 11.9. The minimum absolute atomic E-state index is 0.131. The maximum Gasteiger partial charge on any atom is 0.319 e. The molecule has 0 spiro atoms. The second-order valence-corrected chi connectivity index (χ2v) is 5.33. The molecule has 0 unspecified atom stereocenters. The van der Waals surface area contributed by atoms with Crippen LogP contribution in [-0.4, -0.2) is 35.1 Å². The predicted octanol–water partition coefficient (Wildman–Crippen LogP) is 2.56. The molecule has 1 aromatic carbocycles. The lowest BCUT2D eigenvalue weighted by Gasteiger charge is -2.22. The van der Waals surface area contributed by atoms with Gasteiger partial charge in [0.25, 0.3) is 0 Å². The fourth-order valence-electron chi connectivity index (χ4n) is 2.46. The van der Waals surface area contributed by atoms with Gasteiger partial charge in [-0.2, -0.15) is 5.10 Å². The number of nitrogens with one attached hydrogen (secondary N) is 2. The van der Waals surface area contributed by atoms with Gasteiger partial charge in [-0.25, -0.2) is 9.48 Å². The first kappa shape index (κ1) is 14.6. The van der Waals surface area contributed by atoms with E-state index in [4.69, 9.17) is 4.74 Å². The summed E-state index contributed by atoms with van der Waals surface area (Å²) in [6, 6.07) is 9.52. The number of rotatable bonds is 4. The number of urea groups is 1. The summed E-state index contributed by atoms with van der Waals surface area (Å²) in [5.41, 5.74) is 1.61. The van der Waals surface area contributed by atoms with Crippen LogP contribution < -0.4 is 10.6 Å². The van der Waals surface area contributed by atoms with Crippen LogP contribution in [0.4, 0.5) is 10.5 Å². The zero-order valence-electron chi connectivity index (χ0n) is 12.4. The summed E-state index contributed by atoms with van der Waals surface area (Å²) in [6.45, 7) is 1.33. The minimum atomic E-state index is -0.234. The number of hydrogen-bond acceptors (Lipinski definition) is 3. The average molecular weight is 300 g/mol. The van der Waals surface area contributed by atoms with Crippen LogP contribution in [0, 0.1) is 0 Å². The lowest BCUT2D eigenvalue weighted by Crippen LogP contribution is -2.37. The van der Waals surface area contributed by atoms with Gasteiger partial charge in [-0.05, 0) is 31.4 Å². The van der Waals surface area contributed by atoms with E-state index in [1.54, 1.807) is 17.1 Å². The van der Waals surface area contributed by atoms with Crippen molar-refractivity contribution in [1.29, 1.82) is 0 Å². The maximum absolute atomic E-state index is 11.9. The highest BCUT2D eigenvalue weighted by molar-refractivity contribution is 5.88. The number of aromatic nitrogens is 2. The van der Waals surface area contributed by atoms with Crippen LogP contribution in [0.5, 0.6) is 0 Å². The molecule has 1 saturated heterocycles. The van der Waals surface area contributed by atoms with Crippen molar-refractivity contribution in [3.63, 3.8) is 0 Å². The van der Waals surface area contributed by atoms with E-state index in [1.807, 2.05) is 30.3 Å².